The molecule has 0 unspecified atom stereocenters. The summed E-state index contributed by atoms with van der Waals surface area (Å²) in [6, 6.07) is 4.27. The van der Waals surface area contributed by atoms with Crippen molar-refractivity contribution in [1.82, 2.24) is 4.90 Å². The fraction of sp³-hybridized carbons (Fsp3) is 0.333. The number of aldehydes is 1. The van der Waals surface area contributed by atoms with Gasteiger partial charge in [-0.25, -0.2) is 0 Å². The minimum absolute atomic E-state index is 0.0449. The Morgan fingerprint density at radius 1 is 1.33 bits per heavy atom. The van der Waals surface area contributed by atoms with Crippen LogP contribution in [0.15, 0.2) is 23.4 Å². The van der Waals surface area contributed by atoms with Crippen molar-refractivity contribution in [3.05, 3.63) is 34.2 Å². The van der Waals surface area contributed by atoms with Crippen molar-refractivity contribution in [3.8, 4) is 0 Å². The molecule has 0 spiro atoms. The van der Waals surface area contributed by atoms with Crippen LogP contribution in [-0.2, 0) is 4.74 Å². The van der Waals surface area contributed by atoms with Crippen molar-refractivity contribution in [2.45, 2.75) is 0 Å². The molecule has 0 N–H and O–H groups in total. The fourth-order valence-electron chi connectivity index (χ4n) is 1.81. The molecule has 0 aromatic heterocycles. The van der Waals surface area contributed by atoms with Crippen molar-refractivity contribution in [3.63, 3.8) is 0 Å². The lowest BCUT2D eigenvalue weighted by Gasteiger charge is -2.26. The summed E-state index contributed by atoms with van der Waals surface area (Å²) >= 11 is 0. The van der Waals surface area contributed by atoms with E-state index in [2.05, 4.69) is 5.18 Å². The minimum Gasteiger partial charge on any atom is -0.378 e. The van der Waals surface area contributed by atoms with Crippen molar-refractivity contribution in [1.29, 1.82) is 0 Å². The number of hydrogen-bond donors (Lipinski definition) is 0. The Bertz CT molecular complexity index is 481. The number of carbonyl (C=O) groups is 2. The van der Waals surface area contributed by atoms with E-state index in [4.69, 9.17) is 4.74 Å². The van der Waals surface area contributed by atoms with Gasteiger partial charge >= 0.3 is 0 Å². The van der Waals surface area contributed by atoms with Gasteiger partial charge in [0, 0.05) is 24.2 Å². The van der Waals surface area contributed by atoms with Gasteiger partial charge in [-0.1, -0.05) is 0 Å². The lowest BCUT2D eigenvalue weighted by atomic mass is 10.1. The second kappa shape index (κ2) is 5.50. The highest BCUT2D eigenvalue weighted by Gasteiger charge is 2.19. The highest BCUT2D eigenvalue weighted by atomic mass is 16.5. The molecule has 1 heterocycles. The molecule has 1 aromatic rings. The summed E-state index contributed by atoms with van der Waals surface area (Å²) < 4.78 is 5.16. The number of morpholine rings is 1. The number of rotatable bonds is 3. The molecule has 6 nitrogen and oxygen atoms in total. The molecule has 18 heavy (non-hydrogen) atoms. The summed E-state index contributed by atoms with van der Waals surface area (Å²) in [5, 5.41) is 2.73. The normalized spacial score (nSPS) is 15.2. The van der Waals surface area contributed by atoms with Crippen molar-refractivity contribution in [2.75, 3.05) is 26.3 Å². The largest absolute Gasteiger partial charge is 0.378 e. The van der Waals surface area contributed by atoms with Gasteiger partial charge in [0.15, 0.2) is 6.29 Å². The van der Waals surface area contributed by atoms with Crippen LogP contribution in [0.3, 0.4) is 0 Å². The molecule has 0 radical (unpaired) electrons. The van der Waals surface area contributed by atoms with Crippen LogP contribution in [-0.4, -0.2) is 43.4 Å². The average Bonchev–Trinajstić information content (AvgIpc) is 2.46. The molecule has 94 valence electrons. The SMILES string of the molecule is O=Cc1cc(C(=O)N2CCOCC2)ccc1N=O. The summed E-state index contributed by atoms with van der Waals surface area (Å²) in [4.78, 5) is 35.0. The van der Waals surface area contributed by atoms with Gasteiger partial charge in [-0.05, 0) is 23.4 Å². The summed E-state index contributed by atoms with van der Waals surface area (Å²) in [6.07, 6.45) is 0.521. The van der Waals surface area contributed by atoms with Crippen LogP contribution in [0.2, 0.25) is 0 Å². The summed E-state index contributed by atoms with van der Waals surface area (Å²) in [6.45, 7) is 2.09. The molecule has 1 amide bonds. The predicted molar refractivity (Wildman–Crippen MR) is 64.0 cm³/mol. The van der Waals surface area contributed by atoms with E-state index in [0.717, 1.165) is 0 Å². The second-order valence-electron chi connectivity index (χ2n) is 3.89. The molecule has 0 atom stereocenters. The van der Waals surface area contributed by atoms with Crippen LogP contribution in [0.5, 0.6) is 0 Å². The van der Waals surface area contributed by atoms with Crippen LogP contribution in [0.4, 0.5) is 5.69 Å². The van der Waals surface area contributed by atoms with E-state index in [1.165, 1.54) is 18.2 Å². The number of benzene rings is 1. The molecule has 1 saturated heterocycles. The monoisotopic (exact) mass is 248 g/mol. The fourth-order valence-corrected chi connectivity index (χ4v) is 1.81. The minimum atomic E-state index is -0.168. The van der Waals surface area contributed by atoms with Crippen LogP contribution < -0.4 is 0 Å². The Kier molecular flexibility index (Phi) is 3.78. The second-order valence-corrected chi connectivity index (χ2v) is 3.89. The Hall–Kier alpha value is -2.08. The molecule has 0 bridgehead atoms. The topological polar surface area (TPSA) is 76.0 Å². The quantitative estimate of drug-likeness (QED) is 0.598. The first kappa shape index (κ1) is 12.4. The molecular weight excluding hydrogens is 236 g/mol. The maximum atomic E-state index is 12.1. The van der Waals surface area contributed by atoms with Crippen LogP contribution in [0, 0.1) is 4.91 Å². The first-order valence-electron chi connectivity index (χ1n) is 5.56. The van der Waals surface area contributed by atoms with E-state index < -0.39 is 0 Å². The standard InChI is InChI=1S/C12H12N2O4/c15-8-10-7-9(1-2-11(10)13-17)12(16)14-3-5-18-6-4-14/h1-2,7-8H,3-6H2. The Morgan fingerprint density at radius 2 is 2.06 bits per heavy atom. The molecule has 6 heteroatoms. The molecule has 1 aromatic carbocycles. The third-order valence-electron chi connectivity index (χ3n) is 2.80. The van der Waals surface area contributed by atoms with Gasteiger partial charge in [0.25, 0.3) is 5.91 Å². The molecular formula is C12H12N2O4. The van der Waals surface area contributed by atoms with Gasteiger partial charge in [-0.15, -0.1) is 4.91 Å². The smallest absolute Gasteiger partial charge is 0.254 e. The zero-order valence-corrected chi connectivity index (χ0v) is 9.67. The van der Waals surface area contributed by atoms with Crippen molar-refractivity contribution < 1.29 is 14.3 Å². The van der Waals surface area contributed by atoms with Crippen LogP contribution in [0.1, 0.15) is 20.7 Å². The van der Waals surface area contributed by atoms with Crippen molar-refractivity contribution >= 4 is 17.9 Å². The number of nitrogens with zero attached hydrogens (tertiary/aromatic N) is 2. The van der Waals surface area contributed by atoms with E-state index in [-0.39, 0.29) is 17.2 Å². The van der Waals surface area contributed by atoms with E-state index in [1.807, 2.05) is 0 Å². The van der Waals surface area contributed by atoms with Gasteiger partial charge in [0.1, 0.15) is 5.69 Å². The molecule has 1 fully saturated rings. The third kappa shape index (κ3) is 2.43. The first-order chi connectivity index (χ1) is 8.76. The lowest BCUT2D eigenvalue weighted by molar-refractivity contribution is 0.0303. The predicted octanol–water partition coefficient (Wildman–Crippen LogP) is 1.37. The number of ether oxygens (including phenoxy) is 1. The number of carbonyl (C=O) groups excluding carboxylic acids is 2. The first-order valence-corrected chi connectivity index (χ1v) is 5.56. The van der Waals surface area contributed by atoms with Gasteiger partial charge in [-0.2, -0.15) is 0 Å². The summed E-state index contributed by atoms with van der Waals surface area (Å²) in [7, 11) is 0. The molecule has 2 rings (SSSR count). The highest BCUT2D eigenvalue weighted by Crippen LogP contribution is 2.19. The van der Waals surface area contributed by atoms with Crippen molar-refractivity contribution in [2.24, 2.45) is 5.18 Å². The Balaban J connectivity index is 2.24. The number of amides is 1. The zero-order chi connectivity index (χ0) is 13.0. The Morgan fingerprint density at radius 3 is 2.67 bits per heavy atom. The molecule has 1 aliphatic rings. The van der Waals surface area contributed by atoms with E-state index in [9.17, 15) is 14.5 Å². The van der Waals surface area contributed by atoms with E-state index in [0.29, 0.717) is 38.2 Å². The lowest BCUT2D eigenvalue weighted by Crippen LogP contribution is -2.40. The average molecular weight is 248 g/mol. The highest BCUT2D eigenvalue weighted by molar-refractivity contribution is 5.97. The molecule has 0 saturated carbocycles. The summed E-state index contributed by atoms with van der Waals surface area (Å²) in [5.41, 5.74) is 0.555. The van der Waals surface area contributed by atoms with Gasteiger partial charge in [0.05, 0.1) is 13.2 Å². The van der Waals surface area contributed by atoms with Gasteiger partial charge < -0.3 is 9.64 Å². The summed E-state index contributed by atoms with van der Waals surface area (Å²) in [5.74, 6) is -0.168. The van der Waals surface area contributed by atoms with Gasteiger partial charge in [-0.3, -0.25) is 9.59 Å². The maximum absolute atomic E-state index is 12.1. The van der Waals surface area contributed by atoms with E-state index in [1.54, 1.807) is 4.90 Å². The Labute approximate surface area is 104 Å². The third-order valence-corrected chi connectivity index (χ3v) is 2.80. The van der Waals surface area contributed by atoms with Gasteiger partial charge in [0.2, 0.25) is 0 Å². The zero-order valence-electron chi connectivity index (χ0n) is 9.67. The molecule has 1 aliphatic heterocycles. The number of hydrogen-bond acceptors (Lipinski definition) is 5. The van der Waals surface area contributed by atoms with E-state index >= 15 is 0 Å². The number of nitroso groups, excluding NO2 is 1. The maximum Gasteiger partial charge on any atom is 0.254 e. The van der Waals surface area contributed by atoms with Crippen LogP contribution >= 0.6 is 0 Å². The van der Waals surface area contributed by atoms with Crippen LogP contribution in [0.25, 0.3) is 0 Å². The molecule has 0 aliphatic carbocycles.